The molecule has 0 saturated carbocycles. The van der Waals surface area contributed by atoms with Crippen molar-refractivity contribution >= 4 is 17.3 Å². The third kappa shape index (κ3) is 3.49. The van der Waals surface area contributed by atoms with E-state index in [4.69, 9.17) is 10.5 Å². The Morgan fingerprint density at radius 2 is 2.11 bits per heavy atom. The van der Waals surface area contributed by atoms with E-state index < -0.39 is 16.9 Å². The molecule has 0 aliphatic carbocycles. The minimum Gasteiger partial charge on any atom is -0.370 e. The minimum atomic E-state index is -0.778. The molecule has 0 aliphatic heterocycles. The van der Waals surface area contributed by atoms with Crippen LogP contribution in [0.3, 0.4) is 0 Å². The highest BCUT2D eigenvalue weighted by molar-refractivity contribution is 5.95. The highest BCUT2D eigenvalue weighted by Gasteiger charge is 2.19. The Morgan fingerprint density at radius 1 is 1.47 bits per heavy atom. The van der Waals surface area contributed by atoms with Gasteiger partial charge >= 0.3 is 0 Å². The first kappa shape index (κ1) is 15.1. The Bertz CT molecular complexity index is 498. The summed E-state index contributed by atoms with van der Waals surface area (Å²) in [7, 11) is 1.38. The highest BCUT2D eigenvalue weighted by Crippen LogP contribution is 2.26. The quantitative estimate of drug-likeness (QED) is 0.614. The maximum absolute atomic E-state index is 11.8. The lowest BCUT2D eigenvalue weighted by Crippen LogP contribution is -2.36. The average molecular weight is 267 g/mol. The molecule has 104 valence electrons. The minimum absolute atomic E-state index is 0.0370. The number of aryl methyl sites for hydroxylation is 2. The van der Waals surface area contributed by atoms with Crippen LogP contribution >= 0.6 is 0 Å². The van der Waals surface area contributed by atoms with Gasteiger partial charge in [0.05, 0.1) is 10.6 Å². The van der Waals surface area contributed by atoms with E-state index in [9.17, 15) is 14.9 Å². The van der Waals surface area contributed by atoms with E-state index in [1.54, 1.807) is 19.9 Å². The van der Waals surface area contributed by atoms with Crippen LogP contribution in [0.1, 0.15) is 11.1 Å². The van der Waals surface area contributed by atoms with Crippen LogP contribution in [0.25, 0.3) is 0 Å². The van der Waals surface area contributed by atoms with Crippen LogP contribution in [0.2, 0.25) is 0 Å². The van der Waals surface area contributed by atoms with Gasteiger partial charge in [-0.2, -0.15) is 0 Å². The molecule has 1 unspecified atom stereocenters. The Morgan fingerprint density at radius 3 is 2.58 bits per heavy atom. The molecule has 1 aromatic carbocycles. The van der Waals surface area contributed by atoms with Crippen LogP contribution in [-0.4, -0.2) is 30.6 Å². The van der Waals surface area contributed by atoms with Gasteiger partial charge < -0.3 is 15.8 Å². The number of amides is 1. The van der Waals surface area contributed by atoms with Gasteiger partial charge in [0.2, 0.25) is 0 Å². The molecule has 1 atom stereocenters. The molecule has 7 nitrogen and oxygen atoms in total. The van der Waals surface area contributed by atoms with Crippen molar-refractivity contribution in [2.45, 2.75) is 20.0 Å². The topological polar surface area (TPSA) is 107 Å². The molecule has 1 aromatic rings. The highest BCUT2D eigenvalue weighted by atomic mass is 16.6. The predicted molar refractivity (Wildman–Crippen MR) is 71.1 cm³/mol. The molecule has 0 saturated heterocycles. The van der Waals surface area contributed by atoms with Crippen LogP contribution in [0.4, 0.5) is 11.4 Å². The molecule has 0 bridgehead atoms. The first-order valence-corrected chi connectivity index (χ1v) is 5.70. The van der Waals surface area contributed by atoms with Crippen LogP contribution < -0.4 is 11.1 Å². The summed E-state index contributed by atoms with van der Waals surface area (Å²) in [5.74, 6) is -0.425. The summed E-state index contributed by atoms with van der Waals surface area (Å²) in [6.07, 6.45) is -0.778. The normalized spacial score (nSPS) is 12.0. The molecule has 0 aliphatic rings. The largest absolute Gasteiger partial charge is 0.370 e. The van der Waals surface area contributed by atoms with Crippen molar-refractivity contribution in [2.75, 3.05) is 19.0 Å². The summed E-state index contributed by atoms with van der Waals surface area (Å²) in [5.41, 5.74) is 7.01. The number of nitro benzene ring substituents is 1. The summed E-state index contributed by atoms with van der Waals surface area (Å²) in [4.78, 5) is 22.2. The van der Waals surface area contributed by atoms with Gasteiger partial charge in [-0.1, -0.05) is 0 Å². The zero-order valence-electron chi connectivity index (χ0n) is 11.1. The Balaban J connectivity index is 3.04. The lowest BCUT2D eigenvalue weighted by Gasteiger charge is -2.14. The zero-order valence-corrected chi connectivity index (χ0v) is 11.1. The SMILES string of the molecule is COC(CN)C(=O)Nc1cc([N+](=O)[O-])c(C)cc1C. The third-order valence-corrected chi connectivity index (χ3v) is 2.79. The van der Waals surface area contributed by atoms with E-state index in [0.717, 1.165) is 5.56 Å². The number of nitrogens with two attached hydrogens (primary N) is 1. The molecule has 19 heavy (non-hydrogen) atoms. The van der Waals surface area contributed by atoms with Gasteiger partial charge in [-0.3, -0.25) is 14.9 Å². The number of benzene rings is 1. The molecular formula is C12H17N3O4. The molecule has 0 fully saturated rings. The predicted octanol–water partition coefficient (Wildman–Crippen LogP) is 1.12. The molecule has 0 radical (unpaired) electrons. The number of nitrogens with zero attached hydrogens (tertiary/aromatic N) is 1. The molecule has 1 rings (SSSR count). The molecular weight excluding hydrogens is 250 g/mol. The van der Waals surface area contributed by atoms with Gasteiger partial charge in [0, 0.05) is 25.3 Å². The van der Waals surface area contributed by atoms with E-state index in [-0.39, 0.29) is 12.2 Å². The first-order chi connectivity index (χ1) is 8.90. The molecule has 0 spiro atoms. The van der Waals surface area contributed by atoms with Crippen molar-refractivity contribution in [1.82, 2.24) is 0 Å². The fourth-order valence-corrected chi connectivity index (χ4v) is 1.70. The number of hydrogen-bond donors (Lipinski definition) is 2. The number of carbonyl (C=O) groups excluding carboxylic acids is 1. The number of anilines is 1. The van der Waals surface area contributed by atoms with Crippen molar-refractivity contribution in [3.8, 4) is 0 Å². The number of carbonyl (C=O) groups is 1. The number of nitro groups is 1. The summed E-state index contributed by atoms with van der Waals surface area (Å²) < 4.78 is 4.90. The second-order valence-electron chi connectivity index (χ2n) is 4.16. The van der Waals surface area contributed by atoms with E-state index in [0.29, 0.717) is 11.3 Å². The van der Waals surface area contributed by atoms with E-state index >= 15 is 0 Å². The molecule has 3 N–H and O–H groups in total. The second kappa shape index (κ2) is 6.26. The number of hydrogen-bond acceptors (Lipinski definition) is 5. The summed E-state index contributed by atoms with van der Waals surface area (Å²) in [5, 5.41) is 13.5. The Hall–Kier alpha value is -1.99. The van der Waals surface area contributed by atoms with Crippen molar-refractivity contribution in [1.29, 1.82) is 0 Å². The van der Waals surface area contributed by atoms with Crippen molar-refractivity contribution < 1.29 is 14.5 Å². The van der Waals surface area contributed by atoms with Gasteiger partial charge in [-0.05, 0) is 25.5 Å². The smallest absolute Gasteiger partial charge is 0.274 e. The summed E-state index contributed by atoms with van der Waals surface area (Å²) >= 11 is 0. The lowest BCUT2D eigenvalue weighted by atomic mass is 10.1. The van der Waals surface area contributed by atoms with Gasteiger partial charge in [-0.15, -0.1) is 0 Å². The fourth-order valence-electron chi connectivity index (χ4n) is 1.70. The number of ether oxygens (including phenoxy) is 1. The van der Waals surface area contributed by atoms with Gasteiger partial charge in [0.15, 0.2) is 0 Å². The van der Waals surface area contributed by atoms with Crippen molar-refractivity contribution in [3.05, 3.63) is 33.4 Å². The number of nitrogens with one attached hydrogen (secondary N) is 1. The van der Waals surface area contributed by atoms with E-state index in [1.807, 2.05) is 0 Å². The fraction of sp³-hybridized carbons (Fsp3) is 0.417. The summed E-state index contributed by atoms with van der Waals surface area (Å²) in [6, 6.07) is 2.99. The Kier molecular flexibility index (Phi) is 4.96. The third-order valence-electron chi connectivity index (χ3n) is 2.79. The van der Waals surface area contributed by atoms with E-state index in [1.165, 1.54) is 13.2 Å². The average Bonchev–Trinajstić information content (AvgIpc) is 2.33. The standard InChI is InChI=1S/C12H17N3O4/c1-7-4-8(2)10(15(17)18)5-9(7)14-12(16)11(6-13)19-3/h4-5,11H,6,13H2,1-3H3,(H,14,16). The van der Waals surface area contributed by atoms with Crippen molar-refractivity contribution in [2.24, 2.45) is 5.73 Å². The second-order valence-corrected chi connectivity index (χ2v) is 4.16. The van der Waals surface area contributed by atoms with Gasteiger partial charge in [-0.25, -0.2) is 0 Å². The van der Waals surface area contributed by atoms with Gasteiger partial charge in [0.1, 0.15) is 6.10 Å². The summed E-state index contributed by atoms with van der Waals surface area (Å²) in [6.45, 7) is 3.44. The number of methoxy groups -OCH3 is 1. The molecule has 7 heteroatoms. The van der Waals surface area contributed by atoms with Crippen LogP contribution in [0.15, 0.2) is 12.1 Å². The Labute approximate surface area is 110 Å². The molecule has 0 aromatic heterocycles. The maximum Gasteiger partial charge on any atom is 0.274 e. The first-order valence-electron chi connectivity index (χ1n) is 5.70. The zero-order chi connectivity index (χ0) is 14.6. The van der Waals surface area contributed by atoms with Crippen molar-refractivity contribution in [3.63, 3.8) is 0 Å². The van der Waals surface area contributed by atoms with Gasteiger partial charge in [0.25, 0.3) is 11.6 Å². The monoisotopic (exact) mass is 267 g/mol. The molecule has 1 amide bonds. The maximum atomic E-state index is 11.8. The number of rotatable bonds is 5. The van der Waals surface area contributed by atoms with Crippen LogP contribution in [0.5, 0.6) is 0 Å². The van der Waals surface area contributed by atoms with E-state index in [2.05, 4.69) is 5.32 Å². The van der Waals surface area contributed by atoms with Crippen LogP contribution in [-0.2, 0) is 9.53 Å². The lowest BCUT2D eigenvalue weighted by molar-refractivity contribution is -0.385. The van der Waals surface area contributed by atoms with Crippen LogP contribution in [0, 0.1) is 24.0 Å². The molecule has 0 heterocycles.